The summed E-state index contributed by atoms with van der Waals surface area (Å²) in [6, 6.07) is 5.47. The van der Waals surface area contributed by atoms with E-state index in [0.717, 1.165) is 30.9 Å². The number of hydrogen-bond acceptors (Lipinski definition) is 3. The molecule has 21 heavy (non-hydrogen) atoms. The number of benzene rings is 1. The van der Waals surface area contributed by atoms with Gasteiger partial charge in [0.05, 0.1) is 15.6 Å². The molecule has 1 N–H and O–H groups in total. The van der Waals surface area contributed by atoms with Crippen molar-refractivity contribution in [1.82, 2.24) is 9.97 Å². The van der Waals surface area contributed by atoms with Crippen LogP contribution in [0.25, 0.3) is 11.4 Å². The van der Waals surface area contributed by atoms with Crippen molar-refractivity contribution in [3.8, 4) is 11.4 Å². The maximum atomic E-state index is 6.29. The molecule has 1 heterocycles. The molecule has 1 aromatic carbocycles. The van der Waals surface area contributed by atoms with E-state index in [0.29, 0.717) is 21.4 Å². The monoisotopic (exact) mass is 321 g/mol. The van der Waals surface area contributed by atoms with Gasteiger partial charge in [-0.2, -0.15) is 0 Å². The summed E-state index contributed by atoms with van der Waals surface area (Å²) in [5, 5.41) is 4.52. The summed E-state index contributed by atoms with van der Waals surface area (Å²) >= 11 is 12.6. The standard InChI is InChI=1S/C16H17Cl2N3/c1-2-19-15-10-6-3-4-9-13(10)20-16(21-15)14-11(17)7-5-8-12(14)18/h5,7-8H,2-4,6,9H2,1H3,(H,19,20,21). The highest BCUT2D eigenvalue weighted by Gasteiger charge is 2.20. The lowest BCUT2D eigenvalue weighted by Crippen LogP contribution is -2.13. The quantitative estimate of drug-likeness (QED) is 0.885. The fourth-order valence-corrected chi connectivity index (χ4v) is 3.30. The highest BCUT2D eigenvalue weighted by molar-refractivity contribution is 6.38. The van der Waals surface area contributed by atoms with Crippen LogP contribution in [0.1, 0.15) is 31.0 Å². The number of aryl methyl sites for hydroxylation is 1. The van der Waals surface area contributed by atoms with Crippen LogP contribution in [0, 0.1) is 0 Å². The van der Waals surface area contributed by atoms with Crippen molar-refractivity contribution >= 4 is 29.0 Å². The first-order valence-corrected chi connectivity index (χ1v) is 8.04. The summed E-state index contributed by atoms with van der Waals surface area (Å²) in [4.78, 5) is 9.40. The SMILES string of the molecule is CCNc1nc(-c2c(Cl)cccc2Cl)nc2c1CCCC2. The minimum absolute atomic E-state index is 0.584. The molecule has 5 heteroatoms. The number of nitrogens with zero attached hydrogens (tertiary/aromatic N) is 2. The lowest BCUT2D eigenvalue weighted by Gasteiger charge is -2.20. The third kappa shape index (κ3) is 2.85. The van der Waals surface area contributed by atoms with Gasteiger partial charge in [-0.15, -0.1) is 0 Å². The molecular formula is C16H17Cl2N3. The zero-order valence-electron chi connectivity index (χ0n) is 11.9. The van der Waals surface area contributed by atoms with E-state index >= 15 is 0 Å². The second-order valence-electron chi connectivity index (χ2n) is 5.16. The molecule has 0 radical (unpaired) electrons. The number of aromatic nitrogens is 2. The molecule has 3 nitrogen and oxygen atoms in total. The average molecular weight is 322 g/mol. The van der Waals surface area contributed by atoms with Crippen LogP contribution in [-0.4, -0.2) is 16.5 Å². The molecule has 0 unspecified atom stereocenters. The zero-order valence-corrected chi connectivity index (χ0v) is 13.4. The van der Waals surface area contributed by atoms with Gasteiger partial charge in [0.15, 0.2) is 5.82 Å². The maximum Gasteiger partial charge on any atom is 0.164 e. The highest BCUT2D eigenvalue weighted by atomic mass is 35.5. The fourth-order valence-electron chi connectivity index (χ4n) is 2.73. The molecule has 3 rings (SSSR count). The number of halogens is 2. The van der Waals surface area contributed by atoms with E-state index in [2.05, 4.69) is 17.2 Å². The topological polar surface area (TPSA) is 37.8 Å². The van der Waals surface area contributed by atoms with E-state index in [4.69, 9.17) is 28.2 Å². The van der Waals surface area contributed by atoms with Gasteiger partial charge in [0.2, 0.25) is 0 Å². The molecule has 0 atom stereocenters. The van der Waals surface area contributed by atoms with Gasteiger partial charge < -0.3 is 5.32 Å². The van der Waals surface area contributed by atoms with Gasteiger partial charge in [-0.05, 0) is 44.7 Å². The summed E-state index contributed by atoms with van der Waals surface area (Å²) in [6.45, 7) is 2.90. The molecule has 1 aromatic heterocycles. The molecule has 0 aliphatic heterocycles. The number of nitrogens with one attached hydrogen (secondary N) is 1. The van der Waals surface area contributed by atoms with Crippen LogP contribution in [-0.2, 0) is 12.8 Å². The van der Waals surface area contributed by atoms with Gasteiger partial charge in [0.25, 0.3) is 0 Å². The van der Waals surface area contributed by atoms with Gasteiger partial charge in [0.1, 0.15) is 5.82 Å². The van der Waals surface area contributed by atoms with E-state index in [1.807, 2.05) is 18.2 Å². The number of fused-ring (bicyclic) bond motifs is 1. The maximum absolute atomic E-state index is 6.29. The van der Waals surface area contributed by atoms with E-state index < -0.39 is 0 Å². The van der Waals surface area contributed by atoms with E-state index in [1.54, 1.807) is 0 Å². The van der Waals surface area contributed by atoms with Gasteiger partial charge >= 0.3 is 0 Å². The van der Waals surface area contributed by atoms with Gasteiger partial charge in [-0.1, -0.05) is 29.3 Å². The number of rotatable bonds is 3. The van der Waals surface area contributed by atoms with Crippen molar-refractivity contribution in [2.24, 2.45) is 0 Å². The Balaban J connectivity index is 2.17. The summed E-state index contributed by atoms with van der Waals surface area (Å²) in [7, 11) is 0. The second kappa shape index (κ2) is 6.20. The Kier molecular flexibility index (Phi) is 4.32. The molecule has 0 bridgehead atoms. The van der Waals surface area contributed by atoms with E-state index in [9.17, 15) is 0 Å². The number of anilines is 1. The fraction of sp³-hybridized carbons (Fsp3) is 0.375. The average Bonchev–Trinajstić information content (AvgIpc) is 2.47. The largest absolute Gasteiger partial charge is 0.370 e. The van der Waals surface area contributed by atoms with Gasteiger partial charge in [-0.3, -0.25) is 0 Å². The van der Waals surface area contributed by atoms with Crippen molar-refractivity contribution in [2.45, 2.75) is 32.6 Å². The first kappa shape index (κ1) is 14.6. The molecule has 0 saturated heterocycles. The molecular weight excluding hydrogens is 305 g/mol. The smallest absolute Gasteiger partial charge is 0.164 e. The Hall–Kier alpha value is -1.32. The first-order chi connectivity index (χ1) is 10.2. The van der Waals surface area contributed by atoms with Crippen LogP contribution in [0.4, 0.5) is 5.82 Å². The van der Waals surface area contributed by atoms with Gasteiger partial charge in [-0.25, -0.2) is 9.97 Å². The predicted octanol–water partition coefficient (Wildman–Crippen LogP) is 4.76. The van der Waals surface area contributed by atoms with Gasteiger partial charge in [0, 0.05) is 17.8 Å². The van der Waals surface area contributed by atoms with Crippen LogP contribution in [0.15, 0.2) is 18.2 Å². The van der Waals surface area contributed by atoms with Crippen molar-refractivity contribution in [2.75, 3.05) is 11.9 Å². The lowest BCUT2D eigenvalue weighted by atomic mass is 9.96. The molecule has 2 aromatic rings. The van der Waals surface area contributed by atoms with Crippen molar-refractivity contribution in [1.29, 1.82) is 0 Å². The molecule has 1 aliphatic rings. The molecule has 0 fully saturated rings. The lowest BCUT2D eigenvalue weighted by molar-refractivity contribution is 0.665. The van der Waals surface area contributed by atoms with E-state index in [1.165, 1.54) is 18.4 Å². The molecule has 0 amide bonds. The van der Waals surface area contributed by atoms with Crippen LogP contribution >= 0.6 is 23.2 Å². The van der Waals surface area contributed by atoms with Crippen molar-refractivity contribution < 1.29 is 0 Å². The Morgan fingerprint density at radius 1 is 1.10 bits per heavy atom. The summed E-state index contributed by atoms with van der Waals surface area (Å²) < 4.78 is 0. The normalized spacial score (nSPS) is 13.9. The molecule has 1 aliphatic carbocycles. The van der Waals surface area contributed by atoms with E-state index in [-0.39, 0.29) is 0 Å². The Morgan fingerprint density at radius 2 is 1.81 bits per heavy atom. The summed E-state index contributed by atoms with van der Waals surface area (Å²) in [5.74, 6) is 1.54. The Bertz CT molecular complexity index is 651. The summed E-state index contributed by atoms with van der Waals surface area (Å²) in [5.41, 5.74) is 3.08. The minimum Gasteiger partial charge on any atom is -0.370 e. The Labute approximate surface area is 134 Å². The predicted molar refractivity (Wildman–Crippen MR) is 88.3 cm³/mol. The highest BCUT2D eigenvalue weighted by Crippen LogP contribution is 2.35. The number of hydrogen-bond donors (Lipinski definition) is 1. The summed E-state index contributed by atoms with van der Waals surface area (Å²) in [6.07, 6.45) is 4.39. The molecule has 0 spiro atoms. The van der Waals surface area contributed by atoms with Crippen molar-refractivity contribution in [3.63, 3.8) is 0 Å². The van der Waals surface area contributed by atoms with Crippen molar-refractivity contribution in [3.05, 3.63) is 39.5 Å². The molecule has 110 valence electrons. The first-order valence-electron chi connectivity index (χ1n) is 7.28. The zero-order chi connectivity index (χ0) is 14.8. The second-order valence-corrected chi connectivity index (χ2v) is 5.97. The third-order valence-corrected chi connectivity index (χ3v) is 4.34. The minimum atomic E-state index is 0.584. The third-order valence-electron chi connectivity index (χ3n) is 3.71. The van der Waals surface area contributed by atoms with Crippen LogP contribution in [0.3, 0.4) is 0 Å². The van der Waals surface area contributed by atoms with Crippen LogP contribution in [0.5, 0.6) is 0 Å². The Morgan fingerprint density at radius 3 is 2.52 bits per heavy atom. The van der Waals surface area contributed by atoms with Crippen LogP contribution in [0.2, 0.25) is 10.0 Å². The molecule has 0 saturated carbocycles. The van der Waals surface area contributed by atoms with Crippen LogP contribution < -0.4 is 5.32 Å².